The molecule has 0 unspecified atom stereocenters. The normalized spacial score (nSPS) is 10.9. The van der Waals surface area contributed by atoms with Crippen LogP contribution in [0.25, 0.3) is 33.2 Å². The fourth-order valence-corrected chi connectivity index (χ4v) is 2.82. The summed E-state index contributed by atoms with van der Waals surface area (Å²) in [5.74, 6) is -1.21. The van der Waals surface area contributed by atoms with Crippen molar-refractivity contribution in [1.82, 2.24) is 4.98 Å². The van der Waals surface area contributed by atoms with Crippen LogP contribution in [-0.2, 0) is 0 Å². The maximum Gasteiger partial charge on any atom is 0.135 e. The average Bonchev–Trinajstić information content (AvgIpc) is 2.61. The Bertz CT molecular complexity index is 1040. The summed E-state index contributed by atoms with van der Waals surface area (Å²) in [7, 11) is 0. The first-order valence-corrected chi connectivity index (χ1v) is 7.61. The molecule has 0 spiro atoms. The number of fused-ring (bicyclic) bond motifs is 1. The maximum atomic E-state index is 14.0. The maximum absolute atomic E-state index is 14.0. The van der Waals surface area contributed by atoms with Crippen molar-refractivity contribution < 1.29 is 8.78 Å². The lowest BCUT2D eigenvalue weighted by Gasteiger charge is -2.07. The average molecular weight is 317 g/mol. The Kier molecular flexibility index (Phi) is 3.54. The Hall–Kier alpha value is -3.07. The highest BCUT2D eigenvalue weighted by Gasteiger charge is 2.09. The van der Waals surface area contributed by atoms with Crippen molar-refractivity contribution >= 4 is 10.8 Å². The van der Waals surface area contributed by atoms with E-state index in [1.165, 1.54) is 17.5 Å². The lowest BCUT2D eigenvalue weighted by molar-refractivity contribution is 0.585. The lowest BCUT2D eigenvalue weighted by Crippen LogP contribution is -1.90. The highest BCUT2D eigenvalue weighted by atomic mass is 19.1. The summed E-state index contributed by atoms with van der Waals surface area (Å²) in [6.45, 7) is 0. The van der Waals surface area contributed by atoms with Crippen molar-refractivity contribution in [3.63, 3.8) is 0 Å². The van der Waals surface area contributed by atoms with E-state index in [4.69, 9.17) is 0 Å². The Balaban J connectivity index is 1.81. The number of hydrogen-bond acceptors (Lipinski definition) is 1. The van der Waals surface area contributed by atoms with E-state index >= 15 is 0 Å². The summed E-state index contributed by atoms with van der Waals surface area (Å²) in [4.78, 5) is 4.23. The van der Waals surface area contributed by atoms with Crippen LogP contribution in [0.4, 0.5) is 8.78 Å². The minimum absolute atomic E-state index is 0.291. The second-order valence-corrected chi connectivity index (χ2v) is 5.62. The minimum Gasteiger partial charge on any atom is -0.256 e. The van der Waals surface area contributed by atoms with Gasteiger partial charge in [-0.05, 0) is 52.2 Å². The first kappa shape index (κ1) is 14.5. The second kappa shape index (κ2) is 5.85. The van der Waals surface area contributed by atoms with Gasteiger partial charge in [0.25, 0.3) is 0 Å². The van der Waals surface area contributed by atoms with Crippen molar-refractivity contribution in [3.8, 4) is 22.4 Å². The molecule has 0 amide bonds. The van der Waals surface area contributed by atoms with Crippen LogP contribution in [0.1, 0.15) is 0 Å². The predicted molar refractivity (Wildman–Crippen MR) is 92.5 cm³/mol. The molecule has 4 rings (SSSR count). The fourth-order valence-electron chi connectivity index (χ4n) is 2.82. The molecule has 0 saturated carbocycles. The molecule has 0 saturated heterocycles. The standard InChI is InChI=1S/C21H13F2N/c22-18-7-8-19(20(23)13-18)21-12-17(9-10-24-21)16-6-5-14-3-1-2-4-15(14)11-16/h1-13H. The largest absolute Gasteiger partial charge is 0.256 e. The van der Waals surface area contributed by atoms with Gasteiger partial charge in [-0.3, -0.25) is 4.98 Å². The van der Waals surface area contributed by atoms with Gasteiger partial charge in [-0.2, -0.15) is 0 Å². The molecule has 0 atom stereocenters. The molecule has 0 aliphatic heterocycles. The lowest BCUT2D eigenvalue weighted by atomic mass is 10.00. The van der Waals surface area contributed by atoms with E-state index in [1.807, 2.05) is 30.3 Å². The summed E-state index contributed by atoms with van der Waals surface area (Å²) in [6, 6.07) is 21.5. The van der Waals surface area contributed by atoms with E-state index in [9.17, 15) is 8.78 Å². The second-order valence-electron chi connectivity index (χ2n) is 5.62. The van der Waals surface area contributed by atoms with Crippen LogP contribution in [-0.4, -0.2) is 4.98 Å². The molecule has 3 heteroatoms. The van der Waals surface area contributed by atoms with Gasteiger partial charge in [0.05, 0.1) is 5.69 Å². The highest BCUT2D eigenvalue weighted by molar-refractivity contribution is 5.87. The topological polar surface area (TPSA) is 12.9 Å². The number of aromatic nitrogens is 1. The number of halogens is 2. The van der Waals surface area contributed by atoms with Crippen molar-refractivity contribution in [2.45, 2.75) is 0 Å². The molecule has 0 aliphatic rings. The zero-order chi connectivity index (χ0) is 16.5. The summed E-state index contributed by atoms with van der Waals surface area (Å²) in [5.41, 5.74) is 2.74. The zero-order valence-electron chi connectivity index (χ0n) is 12.7. The third kappa shape index (κ3) is 2.65. The van der Waals surface area contributed by atoms with Crippen LogP contribution >= 0.6 is 0 Å². The number of nitrogens with zero attached hydrogens (tertiary/aromatic N) is 1. The zero-order valence-corrected chi connectivity index (χ0v) is 12.7. The molecule has 0 bridgehead atoms. The number of benzene rings is 3. The van der Waals surface area contributed by atoms with Gasteiger partial charge >= 0.3 is 0 Å². The molecule has 4 aromatic rings. The van der Waals surface area contributed by atoms with Crippen molar-refractivity contribution in [3.05, 3.63) is 90.6 Å². The Labute approximate surface area is 138 Å². The van der Waals surface area contributed by atoms with Gasteiger partial charge in [0.1, 0.15) is 11.6 Å². The first-order valence-electron chi connectivity index (χ1n) is 7.61. The van der Waals surface area contributed by atoms with Crippen LogP contribution in [0.3, 0.4) is 0 Å². The van der Waals surface area contributed by atoms with E-state index in [0.29, 0.717) is 11.3 Å². The molecule has 0 radical (unpaired) electrons. The minimum atomic E-state index is -0.613. The number of pyridine rings is 1. The van der Waals surface area contributed by atoms with Gasteiger partial charge in [-0.25, -0.2) is 8.78 Å². The summed E-state index contributed by atoms with van der Waals surface area (Å²) < 4.78 is 27.1. The molecular formula is C21H13F2N. The molecule has 0 aliphatic carbocycles. The van der Waals surface area contributed by atoms with Crippen molar-refractivity contribution in [1.29, 1.82) is 0 Å². The monoisotopic (exact) mass is 317 g/mol. The quantitative estimate of drug-likeness (QED) is 0.452. The molecule has 1 aromatic heterocycles. The molecule has 3 aromatic carbocycles. The Morgan fingerprint density at radius 2 is 1.46 bits per heavy atom. The molecule has 0 fully saturated rings. The summed E-state index contributed by atoms with van der Waals surface area (Å²) >= 11 is 0. The first-order chi connectivity index (χ1) is 11.7. The van der Waals surface area contributed by atoms with Gasteiger partial charge in [-0.15, -0.1) is 0 Å². The van der Waals surface area contributed by atoms with Gasteiger partial charge in [0.15, 0.2) is 0 Å². The molecule has 24 heavy (non-hydrogen) atoms. The van der Waals surface area contributed by atoms with Gasteiger partial charge in [-0.1, -0.05) is 36.4 Å². The number of rotatable bonds is 2. The molecule has 1 nitrogen and oxygen atoms in total. The smallest absolute Gasteiger partial charge is 0.135 e. The van der Waals surface area contributed by atoms with Crippen LogP contribution < -0.4 is 0 Å². The van der Waals surface area contributed by atoms with Crippen LogP contribution in [0.5, 0.6) is 0 Å². The van der Waals surface area contributed by atoms with Gasteiger partial charge in [0.2, 0.25) is 0 Å². The molecular weight excluding hydrogens is 304 g/mol. The van der Waals surface area contributed by atoms with E-state index in [1.54, 1.807) is 6.20 Å². The van der Waals surface area contributed by atoms with E-state index in [-0.39, 0.29) is 0 Å². The van der Waals surface area contributed by atoms with Crippen LogP contribution in [0, 0.1) is 11.6 Å². The van der Waals surface area contributed by atoms with E-state index in [0.717, 1.165) is 22.6 Å². The van der Waals surface area contributed by atoms with Crippen LogP contribution in [0.15, 0.2) is 79.0 Å². The third-order valence-corrected chi connectivity index (χ3v) is 4.05. The van der Waals surface area contributed by atoms with Crippen LogP contribution in [0.2, 0.25) is 0 Å². The summed E-state index contributed by atoms with van der Waals surface area (Å²) in [5, 5.41) is 2.31. The van der Waals surface area contributed by atoms with Crippen molar-refractivity contribution in [2.75, 3.05) is 0 Å². The third-order valence-electron chi connectivity index (χ3n) is 4.05. The van der Waals surface area contributed by atoms with Gasteiger partial charge < -0.3 is 0 Å². The molecule has 1 heterocycles. The molecule has 116 valence electrons. The summed E-state index contributed by atoms with van der Waals surface area (Å²) in [6.07, 6.45) is 1.64. The van der Waals surface area contributed by atoms with Crippen molar-refractivity contribution in [2.24, 2.45) is 0 Å². The van der Waals surface area contributed by atoms with Gasteiger partial charge in [0, 0.05) is 17.8 Å². The predicted octanol–water partition coefficient (Wildman–Crippen LogP) is 5.85. The SMILES string of the molecule is Fc1ccc(-c2cc(-c3ccc4ccccc4c3)ccn2)c(F)c1. The molecule has 0 N–H and O–H groups in total. The number of hydrogen-bond donors (Lipinski definition) is 0. The Morgan fingerprint density at radius 3 is 2.29 bits per heavy atom. The Morgan fingerprint density at radius 1 is 0.667 bits per heavy atom. The fraction of sp³-hybridized carbons (Fsp3) is 0. The van der Waals surface area contributed by atoms with E-state index in [2.05, 4.69) is 29.2 Å². The highest BCUT2D eigenvalue weighted by Crippen LogP contribution is 2.28. The van der Waals surface area contributed by atoms with E-state index < -0.39 is 11.6 Å².